The lowest BCUT2D eigenvalue weighted by Crippen LogP contribution is -1.89. The fraction of sp³-hybridized carbons (Fsp3) is 0.0455. The molecule has 0 aliphatic heterocycles. The van der Waals surface area contributed by atoms with E-state index in [1.807, 2.05) is 42.5 Å². The largest absolute Gasteiger partial charge is 0.391 e. The lowest BCUT2D eigenvalue weighted by atomic mass is 10.2. The highest BCUT2D eigenvalue weighted by atomic mass is 16.6. The van der Waals surface area contributed by atoms with Crippen molar-refractivity contribution < 1.29 is 14.5 Å². The minimum atomic E-state index is 0.432. The number of carbonyl (C=O) groups is 1. The van der Waals surface area contributed by atoms with Gasteiger partial charge in [0, 0.05) is 5.56 Å². The summed E-state index contributed by atoms with van der Waals surface area (Å²) >= 11 is 0. The highest BCUT2D eigenvalue weighted by molar-refractivity contribution is 5.82. The summed E-state index contributed by atoms with van der Waals surface area (Å²) in [5.41, 5.74) is 3.43. The number of benzene rings is 3. The van der Waals surface area contributed by atoms with Crippen molar-refractivity contribution in [3.05, 3.63) is 101 Å². The molecule has 0 spiro atoms. The van der Waals surface area contributed by atoms with Crippen LogP contribution in [0.3, 0.4) is 0 Å². The van der Waals surface area contributed by atoms with Crippen molar-refractivity contribution in [3.8, 4) is 5.75 Å². The Labute approximate surface area is 157 Å². The number of hydrogen-bond donors (Lipinski definition) is 0. The van der Waals surface area contributed by atoms with E-state index in [1.54, 1.807) is 48.8 Å². The zero-order chi connectivity index (χ0) is 18.7. The Bertz CT molecular complexity index is 903. The number of carbonyl (C=O) groups excluding carboxylic acids is 1. The van der Waals surface area contributed by atoms with Gasteiger partial charge in [0.05, 0.1) is 12.4 Å². The monoisotopic (exact) mass is 358 g/mol. The molecule has 0 unspecified atom stereocenters. The van der Waals surface area contributed by atoms with Gasteiger partial charge in [-0.2, -0.15) is 0 Å². The maximum Gasteiger partial charge on any atom is 0.158 e. The van der Waals surface area contributed by atoms with Crippen LogP contribution in [0.2, 0.25) is 0 Å². The first-order valence-electron chi connectivity index (χ1n) is 8.38. The van der Waals surface area contributed by atoms with Gasteiger partial charge in [0.2, 0.25) is 0 Å². The summed E-state index contributed by atoms with van der Waals surface area (Å²) in [5, 5.41) is 7.90. The van der Waals surface area contributed by atoms with Crippen LogP contribution in [0.1, 0.15) is 27.0 Å². The first-order chi connectivity index (χ1) is 13.3. The summed E-state index contributed by atoms with van der Waals surface area (Å²) in [6, 6.07) is 24.2. The predicted molar refractivity (Wildman–Crippen MR) is 105 cm³/mol. The number of rotatable bonds is 8. The Kier molecular flexibility index (Phi) is 6.48. The summed E-state index contributed by atoms with van der Waals surface area (Å²) in [4.78, 5) is 21.2. The van der Waals surface area contributed by atoms with E-state index >= 15 is 0 Å². The van der Waals surface area contributed by atoms with Crippen LogP contribution in [-0.2, 0) is 11.4 Å². The van der Waals surface area contributed by atoms with Crippen LogP contribution < -0.4 is 4.84 Å². The molecule has 134 valence electrons. The van der Waals surface area contributed by atoms with Gasteiger partial charge in [-0.3, -0.25) is 4.79 Å². The van der Waals surface area contributed by atoms with Gasteiger partial charge in [-0.05, 0) is 41.0 Å². The van der Waals surface area contributed by atoms with Crippen LogP contribution >= 0.6 is 0 Å². The Morgan fingerprint density at radius 2 is 1.30 bits per heavy atom. The highest BCUT2D eigenvalue weighted by Gasteiger charge is 1.95. The standard InChI is InChI=1S/C22H18N2O3/c25-16-20-8-6-18(7-9-20)15-24-27-22-12-10-19(11-13-22)14-23-26-17-21-4-2-1-3-5-21/h1-16H,17H2/b23-14+,24-15+. The van der Waals surface area contributed by atoms with Crippen LogP contribution in [-0.4, -0.2) is 18.7 Å². The lowest BCUT2D eigenvalue weighted by Gasteiger charge is -2.00. The third kappa shape index (κ3) is 5.93. The summed E-state index contributed by atoms with van der Waals surface area (Å²) < 4.78 is 0. The van der Waals surface area contributed by atoms with Crippen molar-refractivity contribution in [2.75, 3.05) is 0 Å². The molecule has 0 fully saturated rings. The average Bonchev–Trinajstić information content (AvgIpc) is 2.73. The fourth-order valence-corrected chi connectivity index (χ4v) is 2.21. The molecule has 3 rings (SSSR count). The normalized spacial score (nSPS) is 11.0. The maximum atomic E-state index is 10.6. The molecule has 5 heteroatoms. The second-order valence-electron chi connectivity index (χ2n) is 5.67. The topological polar surface area (TPSA) is 60.2 Å². The molecule has 0 saturated heterocycles. The number of oxime groups is 2. The second-order valence-corrected chi connectivity index (χ2v) is 5.67. The summed E-state index contributed by atoms with van der Waals surface area (Å²) in [5.74, 6) is 0.609. The third-order valence-corrected chi connectivity index (χ3v) is 3.66. The Hall–Kier alpha value is -3.73. The molecule has 0 aromatic heterocycles. The smallest absolute Gasteiger partial charge is 0.158 e. The van der Waals surface area contributed by atoms with Crippen molar-refractivity contribution in [1.82, 2.24) is 0 Å². The zero-order valence-corrected chi connectivity index (χ0v) is 14.6. The fourth-order valence-electron chi connectivity index (χ4n) is 2.21. The average molecular weight is 358 g/mol. The van der Waals surface area contributed by atoms with Crippen molar-refractivity contribution in [3.63, 3.8) is 0 Å². The first-order valence-corrected chi connectivity index (χ1v) is 8.38. The summed E-state index contributed by atoms with van der Waals surface area (Å²) in [7, 11) is 0. The number of aldehydes is 1. The van der Waals surface area contributed by atoms with E-state index in [9.17, 15) is 4.79 Å². The molecule has 0 saturated carbocycles. The molecule has 3 aromatic rings. The molecule has 0 heterocycles. The van der Waals surface area contributed by atoms with Gasteiger partial charge in [0.25, 0.3) is 0 Å². The van der Waals surface area contributed by atoms with Gasteiger partial charge in [-0.15, -0.1) is 0 Å². The van der Waals surface area contributed by atoms with Gasteiger partial charge < -0.3 is 9.68 Å². The van der Waals surface area contributed by atoms with Gasteiger partial charge in [-0.25, -0.2) is 0 Å². The van der Waals surface area contributed by atoms with Crippen molar-refractivity contribution in [2.24, 2.45) is 10.3 Å². The van der Waals surface area contributed by atoms with Gasteiger partial charge >= 0.3 is 0 Å². The SMILES string of the molecule is O=Cc1ccc(/C=N/Oc2ccc(/C=N/OCc3ccccc3)cc2)cc1. The molecule has 0 N–H and O–H groups in total. The molecule has 0 aliphatic carbocycles. The van der Waals surface area contributed by atoms with Crippen molar-refractivity contribution in [1.29, 1.82) is 0 Å². The molecule has 0 amide bonds. The summed E-state index contributed by atoms with van der Waals surface area (Å²) in [6.07, 6.45) is 4.03. The molecule has 3 aromatic carbocycles. The van der Waals surface area contributed by atoms with Crippen LogP contribution in [0.4, 0.5) is 0 Å². The van der Waals surface area contributed by atoms with E-state index in [0.29, 0.717) is 17.9 Å². The predicted octanol–water partition coefficient (Wildman–Crippen LogP) is 4.46. The van der Waals surface area contributed by atoms with E-state index in [1.165, 1.54) is 0 Å². The minimum Gasteiger partial charge on any atom is -0.391 e. The molecular formula is C22H18N2O3. The molecule has 0 aliphatic rings. The third-order valence-electron chi connectivity index (χ3n) is 3.66. The Balaban J connectivity index is 1.47. The van der Waals surface area contributed by atoms with Gasteiger partial charge in [0.1, 0.15) is 12.9 Å². The maximum absolute atomic E-state index is 10.6. The van der Waals surface area contributed by atoms with E-state index in [0.717, 1.165) is 23.0 Å². The Morgan fingerprint density at radius 1 is 0.704 bits per heavy atom. The molecule has 27 heavy (non-hydrogen) atoms. The van der Waals surface area contributed by atoms with E-state index < -0.39 is 0 Å². The highest BCUT2D eigenvalue weighted by Crippen LogP contribution is 2.12. The zero-order valence-electron chi connectivity index (χ0n) is 14.6. The Morgan fingerprint density at radius 3 is 1.96 bits per heavy atom. The van der Waals surface area contributed by atoms with Gasteiger partial charge in [0.15, 0.2) is 5.75 Å². The van der Waals surface area contributed by atoms with E-state index in [2.05, 4.69) is 10.3 Å². The minimum absolute atomic E-state index is 0.432. The van der Waals surface area contributed by atoms with E-state index in [4.69, 9.17) is 9.68 Å². The molecule has 0 atom stereocenters. The van der Waals surface area contributed by atoms with E-state index in [-0.39, 0.29) is 0 Å². The molecule has 0 bridgehead atoms. The van der Waals surface area contributed by atoms with Crippen LogP contribution in [0.15, 0.2) is 89.2 Å². The summed E-state index contributed by atoms with van der Waals surface area (Å²) in [6.45, 7) is 0.432. The van der Waals surface area contributed by atoms with Gasteiger partial charge in [-0.1, -0.05) is 64.9 Å². The quantitative estimate of drug-likeness (QED) is 0.339. The van der Waals surface area contributed by atoms with Crippen molar-refractivity contribution in [2.45, 2.75) is 6.61 Å². The molecular weight excluding hydrogens is 340 g/mol. The van der Waals surface area contributed by atoms with Crippen LogP contribution in [0.5, 0.6) is 5.75 Å². The number of hydrogen-bond acceptors (Lipinski definition) is 5. The van der Waals surface area contributed by atoms with Crippen LogP contribution in [0.25, 0.3) is 0 Å². The lowest BCUT2D eigenvalue weighted by molar-refractivity contribution is 0.112. The first kappa shape index (κ1) is 18.1. The van der Waals surface area contributed by atoms with Crippen molar-refractivity contribution >= 4 is 18.7 Å². The molecule has 0 radical (unpaired) electrons. The van der Waals surface area contributed by atoms with Crippen LogP contribution in [0, 0.1) is 0 Å². The number of nitrogens with zero attached hydrogens (tertiary/aromatic N) is 2. The second kappa shape index (κ2) is 9.68. The molecule has 5 nitrogen and oxygen atoms in total.